The number of allylic oxidation sites excluding steroid dienone is 1. The number of rotatable bonds is 2. The van der Waals surface area contributed by atoms with Crippen LogP contribution in [0.15, 0.2) is 23.1 Å². The van der Waals surface area contributed by atoms with Crippen molar-refractivity contribution in [2.24, 2.45) is 0 Å². The van der Waals surface area contributed by atoms with Crippen LogP contribution in [0.3, 0.4) is 0 Å². The highest BCUT2D eigenvalue weighted by Gasteiger charge is 2.12. The maximum Gasteiger partial charge on any atom is 0.231 e. The first-order chi connectivity index (χ1) is 7.16. The van der Waals surface area contributed by atoms with Gasteiger partial charge in [-0.3, -0.25) is 0 Å². The van der Waals surface area contributed by atoms with Crippen molar-refractivity contribution in [1.29, 1.82) is 0 Å². The Hall–Kier alpha value is -1.49. The van der Waals surface area contributed by atoms with Gasteiger partial charge in [0.05, 0.1) is 0 Å². The molecule has 15 heavy (non-hydrogen) atoms. The minimum Gasteiger partial charge on any atom is -0.454 e. The van der Waals surface area contributed by atoms with Crippen LogP contribution >= 0.6 is 0 Å². The molecule has 1 aromatic rings. The zero-order valence-electron chi connectivity index (χ0n) is 8.10. The molecule has 4 nitrogen and oxygen atoms in total. The second-order valence-corrected chi connectivity index (χ2v) is 4.38. The molecule has 0 bridgehead atoms. The summed E-state index contributed by atoms with van der Waals surface area (Å²) in [5.41, 5.74) is 0.788. The molecular weight excluding hydrogens is 216 g/mol. The summed E-state index contributed by atoms with van der Waals surface area (Å²) in [4.78, 5) is 0.323. The van der Waals surface area contributed by atoms with Gasteiger partial charge in [-0.25, -0.2) is 8.42 Å². The van der Waals surface area contributed by atoms with E-state index in [2.05, 4.69) is 0 Å². The Bertz CT molecular complexity index is 480. The molecule has 1 heterocycles. The molecule has 0 aromatic heterocycles. The molecule has 1 aliphatic rings. The quantitative estimate of drug-likeness (QED) is 0.774. The summed E-state index contributed by atoms with van der Waals surface area (Å²) in [7, 11) is -2.50. The second kappa shape index (κ2) is 3.94. The Morgan fingerprint density at radius 1 is 1.33 bits per heavy atom. The van der Waals surface area contributed by atoms with E-state index in [9.17, 15) is 8.42 Å². The summed E-state index contributed by atoms with van der Waals surface area (Å²) >= 11 is 0. The van der Waals surface area contributed by atoms with Crippen LogP contribution in [0.25, 0.3) is 6.08 Å². The van der Waals surface area contributed by atoms with Crippen LogP contribution in [0, 0.1) is 0 Å². The molecule has 0 saturated heterocycles. The first kappa shape index (κ1) is 10.0. The van der Waals surface area contributed by atoms with Crippen LogP contribution in [0.2, 0.25) is 0 Å². The number of hydrogen-bond acceptors (Lipinski definition) is 4. The molecule has 5 heteroatoms. The number of fused-ring (bicyclic) bond motifs is 1. The molecule has 0 fully saturated rings. The van der Waals surface area contributed by atoms with Gasteiger partial charge in [-0.15, -0.1) is 0 Å². The summed E-state index contributed by atoms with van der Waals surface area (Å²) in [6.07, 6.45) is 1.59. The number of ether oxygens (including phenoxy) is 2. The molecule has 80 valence electrons. The van der Waals surface area contributed by atoms with Gasteiger partial charge in [-0.05, 0) is 30.7 Å². The standard InChI is InChI=1S/C10H10O4S/c1-7(15(11)12)4-8-2-3-9-10(5-8)14-6-13-9/h2-5,15H,6H2,1H3/b7-4-. The van der Waals surface area contributed by atoms with Crippen molar-refractivity contribution < 1.29 is 17.9 Å². The monoisotopic (exact) mass is 226 g/mol. The van der Waals surface area contributed by atoms with Gasteiger partial charge in [0, 0.05) is 4.91 Å². The molecule has 1 aliphatic heterocycles. The van der Waals surface area contributed by atoms with Gasteiger partial charge >= 0.3 is 0 Å². The van der Waals surface area contributed by atoms with E-state index in [1.807, 2.05) is 0 Å². The van der Waals surface area contributed by atoms with Crippen molar-refractivity contribution in [3.05, 3.63) is 28.7 Å². The number of hydrogen-bond donors (Lipinski definition) is 1. The molecule has 0 aliphatic carbocycles. The summed E-state index contributed by atoms with van der Waals surface area (Å²) in [6.45, 7) is 1.77. The minimum absolute atomic E-state index is 0.220. The van der Waals surface area contributed by atoms with Gasteiger partial charge in [-0.2, -0.15) is 0 Å². The molecule has 0 spiro atoms. The van der Waals surface area contributed by atoms with E-state index in [1.54, 1.807) is 31.2 Å². The van der Waals surface area contributed by atoms with E-state index < -0.39 is 10.7 Å². The third-order valence-corrected chi connectivity index (χ3v) is 2.77. The number of benzene rings is 1. The van der Waals surface area contributed by atoms with E-state index in [0.29, 0.717) is 16.4 Å². The summed E-state index contributed by atoms with van der Waals surface area (Å²) in [6, 6.07) is 5.31. The summed E-state index contributed by atoms with van der Waals surface area (Å²) in [5, 5.41) is 0. The Morgan fingerprint density at radius 3 is 2.80 bits per heavy atom. The third-order valence-electron chi connectivity index (χ3n) is 2.06. The van der Waals surface area contributed by atoms with Crippen LogP contribution < -0.4 is 9.47 Å². The van der Waals surface area contributed by atoms with Crippen molar-refractivity contribution in [1.82, 2.24) is 0 Å². The van der Waals surface area contributed by atoms with E-state index in [4.69, 9.17) is 9.47 Å². The lowest BCUT2D eigenvalue weighted by Crippen LogP contribution is -1.92. The largest absolute Gasteiger partial charge is 0.454 e. The molecule has 2 rings (SSSR count). The predicted octanol–water partition coefficient (Wildman–Crippen LogP) is 1.39. The second-order valence-electron chi connectivity index (χ2n) is 3.16. The van der Waals surface area contributed by atoms with Crippen molar-refractivity contribution in [2.45, 2.75) is 6.92 Å². The van der Waals surface area contributed by atoms with Crippen LogP contribution in [-0.4, -0.2) is 15.2 Å². The normalized spacial score (nSPS) is 14.7. The van der Waals surface area contributed by atoms with Crippen molar-refractivity contribution in [3.8, 4) is 11.5 Å². The van der Waals surface area contributed by atoms with E-state index in [-0.39, 0.29) is 6.79 Å². The summed E-state index contributed by atoms with van der Waals surface area (Å²) < 4.78 is 31.6. The zero-order valence-corrected chi connectivity index (χ0v) is 8.99. The molecule has 0 atom stereocenters. The predicted molar refractivity (Wildman–Crippen MR) is 56.5 cm³/mol. The third kappa shape index (κ3) is 2.12. The van der Waals surface area contributed by atoms with Crippen molar-refractivity contribution in [3.63, 3.8) is 0 Å². The average molecular weight is 226 g/mol. The van der Waals surface area contributed by atoms with Gasteiger partial charge in [0.2, 0.25) is 6.79 Å². The Morgan fingerprint density at radius 2 is 2.07 bits per heavy atom. The lowest BCUT2D eigenvalue weighted by molar-refractivity contribution is 0.174. The topological polar surface area (TPSA) is 52.6 Å². The highest BCUT2D eigenvalue weighted by Crippen LogP contribution is 2.32. The van der Waals surface area contributed by atoms with Gasteiger partial charge in [0.25, 0.3) is 0 Å². The molecule has 1 aromatic carbocycles. The average Bonchev–Trinajstić information content (AvgIpc) is 2.64. The van der Waals surface area contributed by atoms with Crippen LogP contribution in [0.4, 0.5) is 0 Å². The fraction of sp³-hybridized carbons (Fsp3) is 0.200. The van der Waals surface area contributed by atoms with Gasteiger partial charge < -0.3 is 9.47 Å². The van der Waals surface area contributed by atoms with Crippen LogP contribution in [0.1, 0.15) is 12.5 Å². The molecule has 0 amide bonds. The lowest BCUT2D eigenvalue weighted by Gasteiger charge is -1.97. The Kier molecular flexibility index (Phi) is 2.64. The van der Waals surface area contributed by atoms with E-state index >= 15 is 0 Å². The highest BCUT2D eigenvalue weighted by molar-refractivity contribution is 7.76. The first-order valence-corrected chi connectivity index (χ1v) is 5.57. The molecule has 0 N–H and O–H groups in total. The van der Waals surface area contributed by atoms with Crippen LogP contribution in [0.5, 0.6) is 11.5 Å². The molecule has 0 radical (unpaired) electrons. The molecule has 0 saturated carbocycles. The Balaban J connectivity index is 2.35. The molecular formula is C10H10O4S. The van der Waals surface area contributed by atoms with E-state index in [1.165, 1.54) is 0 Å². The fourth-order valence-corrected chi connectivity index (χ4v) is 1.55. The molecule has 0 unspecified atom stereocenters. The smallest absolute Gasteiger partial charge is 0.231 e. The zero-order chi connectivity index (χ0) is 10.8. The summed E-state index contributed by atoms with van der Waals surface area (Å²) in [5.74, 6) is 1.34. The fourth-order valence-electron chi connectivity index (χ4n) is 1.30. The maximum absolute atomic E-state index is 10.7. The van der Waals surface area contributed by atoms with Gasteiger partial charge in [0.15, 0.2) is 22.2 Å². The first-order valence-electron chi connectivity index (χ1n) is 4.39. The lowest BCUT2D eigenvalue weighted by atomic mass is 10.2. The Labute approximate surface area is 89.1 Å². The number of thiol groups is 1. The van der Waals surface area contributed by atoms with Gasteiger partial charge in [-0.1, -0.05) is 6.07 Å². The van der Waals surface area contributed by atoms with Gasteiger partial charge in [0.1, 0.15) is 0 Å². The van der Waals surface area contributed by atoms with E-state index in [0.717, 1.165) is 5.56 Å². The minimum atomic E-state index is -2.50. The maximum atomic E-state index is 10.7. The SMILES string of the molecule is C/C(=C/c1ccc2c(c1)OCO2)[SH](=O)=O. The van der Waals surface area contributed by atoms with Crippen molar-refractivity contribution >= 4 is 16.8 Å². The highest BCUT2D eigenvalue weighted by atomic mass is 32.2. The van der Waals surface area contributed by atoms with Crippen LogP contribution in [-0.2, 0) is 10.7 Å². The van der Waals surface area contributed by atoms with Crippen molar-refractivity contribution in [2.75, 3.05) is 6.79 Å².